The van der Waals surface area contributed by atoms with Gasteiger partial charge < -0.3 is 20.7 Å². The Balaban J connectivity index is 2.31. The minimum Gasteiger partial charge on any atom is -0.494 e. The molecule has 1 aromatic rings. The van der Waals surface area contributed by atoms with E-state index in [-0.39, 0.29) is 13.2 Å². The maximum atomic E-state index is 9.17. The fourth-order valence-electron chi connectivity index (χ4n) is 1.97. The van der Waals surface area contributed by atoms with Crippen LogP contribution in [-0.2, 0) is 6.42 Å². The lowest BCUT2D eigenvalue weighted by Gasteiger charge is -2.24. The molecule has 1 aromatic carbocycles. The van der Waals surface area contributed by atoms with E-state index in [0.717, 1.165) is 43.6 Å². The number of rotatable bonds is 11. The van der Waals surface area contributed by atoms with Crippen LogP contribution >= 0.6 is 22.6 Å². The lowest BCUT2D eigenvalue weighted by Crippen LogP contribution is -2.47. The second-order valence-electron chi connectivity index (χ2n) is 5.53. The van der Waals surface area contributed by atoms with Crippen molar-refractivity contribution >= 4 is 22.6 Å². The standard InChI is InChI=1S/C17H26INO3/c18-11-3-1-2-4-12-22-16-7-5-15(6-8-16)9-10-17(19,13-20)14-21/h3,5-8,11,20-21H,1-2,4,9-10,12-14,19H2/b11-3+. The number of benzene rings is 1. The molecule has 0 spiro atoms. The van der Waals surface area contributed by atoms with E-state index in [1.165, 1.54) is 0 Å². The quantitative estimate of drug-likeness (QED) is 0.381. The van der Waals surface area contributed by atoms with E-state index in [1.807, 2.05) is 28.3 Å². The van der Waals surface area contributed by atoms with Crippen LogP contribution in [0.15, 0.2) is 34.4 Å². The normalized spacial score (nSPS) is 12.0. The maximum absolute atomic E-state index is 9.17. The highest BCUT2D eigenvalue weighted by atomic mass is 127. The molecular formula is C17H26INO3. The summed E-state index contributed by atoms with van der Waals surface area (Å²) in [4.78, 5) is 0. The van der Waals surface area contributed by atoms with Gasteiger partial charge in [-0.3, -0.25) is 0 Å². The molecule has 5 heteroatoms. The third kappa shape index (κ3) is 7.58. The molecule has 4 nitrogen and oxygen atoms in total. The van der Waals surface area contributed by atoms with E-state index >= 15 is 0 Å². The number of hydrogen-bond donors (Lipinski definition) is 3. The highest BCUT2D eigenvalue weighted by Crippen LogP contribution is 2.16. The Morgan fingerprint density at radius 3 is 2.41 bits per heavy atom. The molecule has 1 rings (SSSR count). The van der Waals surface area contributed by atoms with E-state index < -0.39 is 5.54 Å². The molecule has 4 N–H and O–H groups in total. The minimum atomic E-state index is -0.901. The van der Waals surface area contributed by atoms with Crippen molar-refractivity contribution in [2.45, 2.75) is 37.6 Å². The van der Waals surface area contributed by atoms with Crippen molar-refractivity contribution < 1.29 is 14.9 Å². The van der Waals surface area contributed by atoms with Gasteiger partial charge in [0.25, 0.3) is 0 Å². The molecule has 0 atom stereocenters. The first-order chi connectivity index (χ1) is 10.6. The fourth-order valence-corrected chi connectivity index (χ4v) is 2.33. The zero-order chi connectivity index (χ0) is 16.3. The summed E-state index contributed by atoms with van der Waals surface area (Å²) in [5.41, 5.74) is 6.08. The van der Waals surface area contributed by atoms with E-state index in [0.29, 0.717) is 6.42 Å². The third-order valence-corrected chi connectivity index (χ3v) is 4.10. The van der Waals surface area contributed by atoms with Gasteiger partial charge in [0.1, 0.15) is 5.75 Å². The summed E-state index contributed by atoms with van der Waals surface area (Å²) in [6, 6.07) is 7.92. The number of aliphatic hydroxyl groups is 2. The first-order valence-corrected chi connectivity index (χ1v) is 8.85. The highest BCUT2D eigenvalue weighted by Gasteiger charge is 2.22. The van der Waals surface area contributed by atoms with Gasteiger partial charge in [0.2, 0.25) is 0 Å². The van der Waals surface area contributed by atoms with E-state index in [1.54, 1.807) is 0 Å². The summed E-state index contributed by atoms with van der Waals surface area (Å²) in [5.74, 6) is 0.872. The molecule has 124 valence electrons. The molecule has 22 heavy (non-hydrogen) atoms. The van der Waals surface area contributed by atoms with E-state index in [2.05, 4.69) is 28.7 Å². The number of allylic oxidation sites excluding steroid dienone is 1. The Kier molecular flexibility index (Phi) is 9.70. The average molecular weight is 419 g/mol. The number of halogens is 1. The van der Waals surface area contributed by atoms with Gasteiger partial charge in [0, 0.05) is 0 Å². The van der Waals surface area contributed by atoms with Crippen LogP contribution < -0.4 is 10.5 Å². The summed E-state index contributed by atoms with van der Waals surface area (Å²) in [7, 11) is 0. The monoisotopic (exact) mass is 419 g/mol. The van der Waals surface area contributed by atoms with Crippen molar-refractivity contribution in [3.63, 3.8) is 0 Å². The molecule has 0 fully saturated rings. The summed E-state index contributed by atoms with van der Waals surface area (Å²) in [6.07, 6.45) is 6.71. The molecule has 0 amide bonds. The summed E-state index contributed by atoms with van der Waals surface area (Å²) < 4.78 is 7.74. The Bertz CT molecular complexity index is 430. The summed E-state index contributed by atoms with van der Waals surface area (Å²) in [6.45, 7) is 0.310. The third-order valence-electron chi connectivity index (χ3n) is 3.59. The SMILES string of the molecule is NC(CO)(CO)CCc1ccc(OCCCC/C=C/I)cc1. The fraction of sp³-hybridized carbons (Fsp3) is 0.529. The molecule has 0 unspecified atom stereocenters. The van der Waals surface area contributed by atoms with Gasteiger partial charge in [-0.2, -0.15) is 0 Å². The maximum Gasteiger partial charge on any atom is 0.119 e. The molecule has 0 aliphatic heterocycles. The van der Waals surface area contributed by atoms with Crippen LogP contribution in [0.4, 0.5) is 0 Å². The number of unbranched alkanes of at least 4 members (excludes halogenated alkanes) is 2. The zero-order valence-electron chi connectivity index (χ0n) is 12.9. The van der Waals surface area contributed by atoms with Crippen molar-refractivity contribution in [2.75, 3.05) is 19.8 Å². The number of aryl methyl sites for hydroxylation is 1. The van der Waals surface area contributed by atoms with E-state index in [9.17, 15) is 10.2 Å². The lowest BCUT2D eigenvalue weighted by atomic mass is 9.94. The van der Waals surface area contributed by atoms with Crippen LogP contribution in [-0.4, -0.2) is 35.6 Å². The van der Waals surface area contributed by atoms with Crippen molar-refractivity contribution in [1.29, 1.82) is 0 Å². The number of aliphatic hydroxyl groups excluding tert-OH is 2. The van der Waals surface area contributed by atoms with Crippen LogP contribution in [0.3, 0.4) is 0 Å². The Hall–Kier alpha value is -0.630. The topological polar surface area (TPSA) is 75.7 Å². The number of hydrogen-bond acceptors (Lipinski definition) is 4. The number of nitrogens with two attached hydrogens (primary N) is 1. The van der Waals surface area contributed by atoms with Crippen molar-refractivity contribution in [1.82, 2.24) is 0 Å². The minimum absolute atomic E-state index is 0.211. The van der Waals surface area contributed by atoms with Crippen LogP contribution in [0.2, 0.25) is 0 Å². The predicted octanol–water partition coefficient (Wildman–Crippen LogP) is 2.80. The van der Waals surface area contributed by atoms with Crippen LogP contribution in [0.1, 0.15) is 31.2 Å². The van der Waals surface area contributed by atoms with Gasteiger partial charge in [0.15, 0.2) is 0 Å². The Morgan fingerprint density at radius 1 is 1.14 bits per heavy atom. The second kappa shape index (κ2) is 11.0. The molecule has 0 radical (unpaired) electrons. The molecule has 0 saturated carbocycles. The van der Waals surface area contributed by atoms with Crippen LogP contribution in [0.25, 0.3) is 0 Å². The molecular weight excluding hydrogens is 393 g/mol. The van der Waals surface area contributed by atoms with Gasteiger partial charge >= 0.3 is 0 Å². The van der Waals surface area contributed by atoms with Crippen molar-refractivity contribution in [2.24, 2.45) is 5.73 Å². The smallest absolute Gasteiger partial charge is 0.119 e. The first kappa shape index (κ1) is 19.4. The van der Waals surface area contributed by atoms with Crippen LogP contribution in [0.5, 0.6) is 5.75 Å². The van der Waals surface area contributed by atoms with Gasteiger partial charge in [-0.25, -0.2) is 0 Å². The molecule has 0 aliphatic carbocycles. The lowest BCUT2D eigenvalue weighted by molar-refractivity contribution is 0.115. The summed E-state index contributed by atoms with van der Waals surface area (Å²) in [5, 5.41) is 18.3. The second-order valence-corrected chi connectivity index (χ2v) is 6.25. The zero-order valence-corrected chi connectivity index (χ0v) is 15.0. The molecule has 0 heterocycles. The molecule has 0 aromatic heterocycles. The first-order valence-electron chi connectivity index (χ1n) is 7.61. The Morgan fingerprint density at radius 2 is 1.82 bits per heavy atom. The largest absolute Gasteiger partial charge is 0.494 e. The van der Waals surface area contributed by atoms with Gasteiger partial charge in [-0.05, 0) is 53.9 Å². The highest BCUT2D eigenvalue weighted by molar-refractivity contribution is 14.1. The molecule has 0 saturated heterocycles. The van der Waals surface area contributed by atoms with Gasteiger partial charge in [-0.15, -0.1) is 0 Å². The molecule has 0 bridgehead atoms. The van der Waals surface area contributed by atoms with Crippen molar-refractivity contribution in [3.8, 4) is 5.75 Å². The Labute approximate surface area is 146 Å². The van der Waals surface area contributed by atoms with Gasteiger partial charge in [-0.1, -0.05) is 40.8 Å². The molecule has 0 aliphatic rings. The number of ether oxygens (including phenoxy) is 1. The van der Waals surface area contributed by atoms with E-state index in [4.69, 9.17) is 10.5 Å². The van der Waals surface area contributed by atoms with Gasteiger partial charge in [0.05, 0.1) is 25.4 Å². The van der Waals surface area contributed by atoms with Crippen LogP contribution in [0, 0.1) is 0 Å². The van der Waals surface area contributed by atoms with Crippen molar-refractivity contribution in [3.05, 3.63) is 40.0 Å². The average Bonchev–Trinajstić information content (AvgIpc) is 2.57. The predicted molar refractivity (Wildman–Crippen MR) is 98.4 cm³/mol. The summed E-state index contributed by atoms with van der Waals surface area (Å²) >= 11 is 2.23.